The van der Waals surface area contributed by atoms with E-state index in [1.54, 1.807) is 42.0 Å². The van der Waals surface area contributed by atoms with Gasteiger partial charge in [-0.2, -0.15) is 0 Å². The van der Waals surface area contributed by atoms with Crippen LogP contribution in [0.5, 0.6) is 0 Å². The van der Waals surface area contributed by atoms with E-state index in [4.69, 9.17) is 16.2 Å². The minimum absolute atomic E-state index is 0.252. The van der Waals surface area contributed by atoms with Crippen molar-refractivity contribution < 1.29 is 14.3 Å². The van der Waals surface area contributed by atoms with Gasteiger partial charge >= 0.3 is 5.97 Å². The highest BCUT2D eigenvalue weighted by atomic mass is 16.5. The van der Waals surface area contributed by atoms with Gasteiger partial charge in [0, 0.05) is 16.8 Å². The van der Waals surface area contributed by atoms with Crippen LogP contribution in [0.1, 0.15) is 87.9 Å². The van der Waals surface area contributed by atoms with E-state index >= 15 is 0 Å². The number of aryl methyl sites for hydroxylation is 1. The molecule has 0 atom stereocenters. The van der Waals surface area contributed by atoms with Crippen molar-refractivity contribution in [3.63, 3.8) is 0 Å². The molecule has 1 amide bonds. The molecule has 0 heterocycles. The Labute approximate surface area is 247 Å². The van der Waals surface area contributed by atoms with Crippen molar-refractivity contribution in [3.05, 3.63) is 118 Å². The summed E-state index contributed by atoms with van der Waals surface area (Å²) in [7, 11) is 0. The molecule has 5 nitrogen and oxygen atoms in total. The highest BCUT2D eigenvalue weighted by Gasteiger charge is 2.13. The summed E-state index contributed by atoms with van der Waals surface area (Å²) in [6, 6.07) is 24.2. The average molecular weight is 557 g/mol. The van der Waals surface area contributed by atoms with Crippen LogP contribution in [-0.2, 0) is 16.1 Å². The lowest BCUT2D eigenvalue weighted by Gasteiger charge is -2.11. The Kier molecular flexibility index (Phi) is 16.2. The fraction of sp³-hybridized carbons (Fsp3) is 0.333. The number of allylic oxidation sites excluding steroid dienone is 2. The molecule has 0 saturated heterocycles. The van der Waals surface area contributed by atoms with Crippen molar-refractivity contribution in [2.75, 3.05) is 5.73 Å². The summed E-state index contributed by atoms with van der Waals surface area (Å²) in [5.41, 5.74) is 18.8. The Bertz CT molecular complexity index is 1250. The van der Waals surface area contributed by atoms with E-state index in [2.05, 4.69) is 41.5 Å². The number of hydrogen-bond donors (Lipinski definition) is 2. The monoisotopic (exact) mass is 556 g/mol. The number of rotatable bonds is 9. The Morgan fingerprint density at radius 1 is 0.878 bits per heavy atom. The van der Waals surface area contributed by atoms with E-state index in [0.717, 1.165) is 11.1 Å². The lowest BCUT2D eigenvalue weighted by Crippen LogP contribution is -2.10. The van der Waals surface area contributed by atoms with E-state index in [9.17, 15) is 9.59 Å². The number of anilines is 1. The summed E-state index contributed by atoms with van der Waals surface area (Å²) in [4.78, 5) is 22.9. The second-order valence-corrected chi connectivity index (χ2v) is 10.8. The van der Waals surface area contributed by atoms with Crippen LogP contribution in [0.15, 0.2) is 95.6 Å². The molecule has 0 unspecified atom stereocenters. The van der Waals surface area contributed by atoms with Crippen molar-refractivity contribution in [2.24, 2.45) is 11.7 Å². The molecule has 41 heavy (non-hydrogen) atoms. The fourth-order valence-electron chi connectivity index (χ4n) is 3.59. The molecule has 5 heteroatoms. The lowest BCUT2D eigenvalue weighted by molar-refractivity contribution is -0.140. The molecule has 3 aromatic rings. The highest BCUT2D eigenvalue weighted by Crippen LogP contribution is 2.18. The average Bonchev–Trinajstić information content (AvgIpc) is 2.94. The molecule has 0 aliphatic carbocycles. The molecular formula is C36H48N2O3. The zero-order valence-electron chi connectivity index (χ0n) is 25.9. The van der Waals surface area contributed by atoms with E-state index < -0.39 is 0 Å². The molecule has 0 saturated carbocycles. The summed E-state index contributed by atoms with van der Waals surface area (Å²) in [5.74, 6) is -0.262. The van der Waals surface area contributed by atoms with Crippen molar-refractivity contribution >= 4 is 23.6 Å². The maximum absolute atomic E-state index is 12.5. The molecular weight excluding hydrogens is 508 g/mol. The van der Waals surface area contributed by atoms with Crippen LogP contribution in [0.25, 0.3) is 6.08 Å². The van der Waals surface area contributed by atoms with Crippen LogP contribution in [0, 0.1) is 12.8 Å². The Morgan fingerprint density at radius 3 is 1.90 bits per heavy atom. The standard InChI is InChI=1S/C21H25NO2.C8H16.C7H7NO/c1-15(2)12-19(13-17-6-4-16(3)5-7-17)21(23)24-14-18-8-10-20(22)11-9-18;1-5-6-8(4)7(2)3;8-7(9)6-4-2-1-3-5-6/h4-11,13,15H,12,14,22H2,1-3H3;5-6H2,1-4H3;1-5H,(H2,8,9)/b19-13-;;. The van der Waals surface area contributed by atoms with Gasteiger partial charge in [0.1, 0.15) is 6.61 Å². The number of ether oxygens (including phenoxy) is 1. The van der Waals surface area contributed by atoms with Crippen LogP contribution in [0.2, 0.25) is 0 Å². The summed E-state index contributed by atoms with van der Waals surface area (Å²) < 4.78 is 5.48. The lowest BCUT2D eigenvalue weighted by atomic mass is 10.0. The maximum Gasteiger partial charge on any atom is 0.334 e. The first-order valence-corrected chi connectivity index (χ1v) is 14.2. The van der Waals surface area contributed by atoms with Gasteiger partial charge < -0.3 is 16.2 Å². The molecule has 3 aromatic carbocycles. The normalized spacial score (nSPS) is 10.5. The predicted molar refractivity (Wildman–Crippen MR) is 173 cm³/mol. The molecule has 0 fully saturated rings. The summed E-state index contributed by atoms with van der Waals surface area (Å²) in [6.45, 7) is 15.2. The van der Waals surface area contributed by atoms with E-state index in [-0.39, 0.29) is 18.5 Å². The third-order valence-electron chi connectivity index (χ3n) is 6.20. The van der Waals surface area contributed by atoms with Crippen LogP contribution in [-0.4, -0.2) is 11.9 Å². The van der Waals surface area contributed by atoms with Gasteiger partial charge in [-0.1, -0.05) is 98.5 Å². The smallest absolute Gasteiger partial charge is 0.334 e. The molecule has 0 radical (unpaired) electrons. The van der Waals surface area contributed by atoms with Gasteiger partial charge in [0.2, 0.25) is 5.91 Å². The first kappa shape index (κ1) is 34.9. The van der Waals surface area contributed by atoms with Gasteiger partial charge in [0.05, 0.1) is 0 Å². The van der Waals surface area contributed by atoms with Gasteiger partial charge in [-0.05, 0) is 87.9 Å². The van der Waals surface area contributed by atoms with E-state index in [1.807, 2.05) is 55.5 Å². The SMILES string of the molecule is CCCC(C)=C(C)C.Cc1ccc(/C=C(/CC(C)C)C(=O)OCc2ccc(N)cc2)cc1.NC(=O)c1ccccc1. The van der Waals surface area contributed by atoms with Crippen molar-refractivity contribution in [3.8, 4) is 0 Å². The third-order valence-corrected chi connectivity index (χ3v) is 6.20. The zero-order valence-corrected chi connectivity index (χ0v) is 25.9. The number of esters is 1. The predicted octanol–water partition coefficient (Wildman–Crippen LogP) is 8.68. The molecule has 0 aromatic heterocycles. The number of primary amides is 1. The fourth-order valence-corrected chi connectivity index (χ4v) is 3.59. The van der Waals surface area contributed by atoms with Gasteiger partial charge in [-0.25, -0.2) is 4.79 Å². The second-order valence-electron chi connectivity index (χ2n) is 10.8. The second kappa shape index (κ2) is 19.0. The summed E-state index contributed by atoms with van der Waals surface area (Å²) in [6.07, 6.45) is 5.15. The molecule has 220 valence electrons. The Balaban J connectivity index is 0.000000403. The van der Waals surface area contributed by atoms with Gasteiger partial charge in [-0.3, -0.25) is 4.79 Å². The van der Waals surface area contributed by atoms with Gasteiger partial charge in [0.25, 0.3) is 0 Å². The van der Waals surface area contributed by atoms with Gasteiger partial charge in [0.15, 0.2) is 0 Å². The highest BCUT2D eigenvalue weighted by molar-refractivity contribution is 5.93. The number of amides is 1. The molecule has 3 rings (SSSR count). The molecule has 0 spiro atoms. The minimum atomic E-state index is -0.379. The van der Waals surface area contributed by atoms with Gasteiger partial charge in [-0.15, -0.1) is 0 Å². The number of benzene rings is 3. The van der Waals surface area contributed by atoms with Crippen LogP contribution in [0.3, 0.4) is 0 Å². The van der Waals surface area contributed by atoms with Crippen molar-refractivity contribution in [2.45, 2.75) is 74.3 Å². The summed E-state index contributed by atoms with van der Waals surface area (Å²) >= 11 is 0. The van der Waals surface area contributed by atoms with Crippen LogP contribution < -0.4 is 11.5 Å². The first-order valence-electron chi connectivity index (χ1n) is 14.2. The first-order chi connectivity index (χ1) is 19.4. The van der Waals surface area contributed by atoms with Crippen molar-refractivity contribution in [1.82, 2.24) is 0 Å². The molecule has 0 aliphatic rings. The topological polar surface area (TPSA) is 95.4 Å². The number of nitrogen functional groups attached to an aromatic ring is 1. The largest absolute Gasteiger partial charge is 0.457 e. The van der Waals surface area contributed by atoms with Crippen LogP contribution >= 0.6 is 0 Å². The molecule has 0 aliphatic heterocycles. The molecule has 0 bridgehead atoms. The summed E-state index contributed by atoms with van der Waals surface area (Å²) in [5, 5.41) is 0. The quantitative estimate of drug-likeness (QED) is 0.119. The third kappa shape index (κ3) is 15.3. The Hall–Kier alpha value is -4.12. The number of carbonyl (C=O) groups is 2. The van der Waals surface area contributed by atoms with E-state index in [0.29, 0.717) is 29.2 Å². The molecule has 4 N–H and O–H groups in total. The van der Waals surface area contributed by atoms with E-state index in [1.165, 1.54) is 24.0 Å². The minimum Gasteiger partial charge on any atom is -0.457 e. The number of nitrogens with two attached hydrogens (primary N) is 2. The van der Waals surface area contributed by atoms with Crippen LogP contribution in [0.4, 0.5) is 5.69 Å². The number of carbonyl (C=O) groups excluding carboxylic acids is 2. The number of hydrogen-bond acceptors (Lipinski definition) is 4. The Morgan fingerprint density at radius 2 is 1.46 bits per heavy atom. The van der Waals surface area contributed by atoms with Crippen molar-refractivity contribution in [1.29, 1.82) is 0 Å². The maximum atomic E-state index is 12.5. The zero-order chi connectivity index (χ0) is 30.8.